The quantitative estimate of drug-likeness (QED) is 0.446. The highest BCUT2D eigenvalue weighted by Gasteiger charge is 2.28. The molecule has 132 valence electrons. The van der Waals surface area contributed by atoms with Crippen molar-refractivity contribution in [3.63, 3.8) is 0 Å². The minimum atomic E-state index is -0.622. The van der Waals surface area contributed by atoms with Gasteiger partial charge in [-0.05, 0) is 50.7 Å². The average Bonchev–Trinajstić information content (AvgIpc) is 2.59. The molecule has 1 heterocycles. The van der Waals surface area contributed by atoms with Crippen LogP contribution in [0.1, 0.15) is 48.5 Å². The van der Waals surface area contributed by atoms with Crippen LogP contribution in [0.2, 0.25) is 0 Å². The van der Waals surface area contributed by atoms with E-state index in [1.807, 2.05) is 0 Å². The number of carbonyl (C=O) groups is 2. The van der Waals surface area contributed by atoms with Gasteiger partial charge in [-0.1, -0.05) is 0 Å². The standard InChI is InChI=1S/C18H24O6/c1-12(20)14-10-13-6-7-15(18(21)22-2)24-16(13)11-17(14)23-9-5-3-4-8-19/h10-11,15,19H,3-9H2,1-2H3. The number of hydrogen-bond acceptors (Lipinski definition) is 6. The van der Waals surface area contributed by atoms with E-state index in [1.165, 1.54) is 14.0 Å². The highest BCUT2D eigenvalue weighted by atomic mass is 16.6. The highest BCUT2D eigenvalue weighted by Crippen LogP contribution is 2.35. The summed E-state index contributed by atoms with van der Waals surface area (Å²) < 4.78 is 16.2. The van der Waals surface area contributed by atoms with Crippen molar-refractivity contribution in [2.24, 2.45) is 0 Å². The first-order valence-electron chi connectivity index (χ1n) is 8.22. The van der Waals surface area contributed by atoms with E-state index in [0.29, 0.717) is 36.5 Å². The molecule has 1 N–H and O–H groups in total. The number of unbranched alkanes of at least 4 members (excludes halogenated alkanes) is 2. The molecule has 0 bridgehead atoms. The second kappa shape index (κ2) is 8.68. The maximum absolute atomic E-state index is 11.9. The molecule has 0 saturated carbocycles. The Kier molecular flexibility index (Phi) is 6.61. The molecular weight excluding hydrogens is 312 g/mol. The van der Waals surface area contributed by atoms with Crippen LogP contribution in [0.25, 0.3) is 0 Å². The van der Waals surface area contributed by atoms with Crippen LogP contribution in [0.5, 0.6) is 11.5 Å². The van der Waals surface area contributed by atoms with E-state index in [4.69, 9.17) is 19.3 Å². The molecule has 1 unspecified atom stereocenters. The number of hydrogen-bond donors (Lipinski definition) is 1. The van der Waals surface area contributed by atoms with Crippen molar-refractivity contribution < 1.29 is 28.9 Å². The van der Waals surface area contributed by atoms with Crippen LogP contribution in [-0.2, 0) is 16.0 Å². The van der Waals surface area contributed by atoms with Crippen molar-refractivity contribution in [2.45, 2.75) is 45.1 Å². The fraction of sp³-hybridized carbons (Fsp3) is 0.556. The molecule has 1 aliphatic rings. The summed E-state index contributed by atoms with van der Waals surface area (Å²) in [5.41, 5.74) is 1.42. The minimum absolute atomic E-state index is 0.0711. The first-order chi connectivity index (χ1) is 11.6. The Morgan fingerprint density at radius 3 is 2.75 bits per heavy atom. The summed E-state index contributed by atoms with van der Waals surface area (Å²) in [6, 6.07) is 3.47. The van der Waals surface area contributed by atoms with Gasteiger partial charge >= 0.3 is 5.97 Å². The molecule has 6 nitrogen and oxygen atoms in total. The molecule has 1 aliphatic heterocycles. The van der Waals surface area contributed by atoms with Crippen LogP contribution in [-0.4, -0.2) is 43.3 Å². The zero-order chi connectivity index (χ0) is 17.5. The number of Topliss-reactive ketones (excluding diaryl/α,β-unsaturated/α-hetero) is 1. The monoisotopic (exact) mass is 336 g/mol. The lowest BCUT2D eigenvalue weighted by Crippen LogP contribution is -2.32. The van der Waals surface area contributed by atoms with Crippen LogP contribution in [0.15, 0.2) is 12.1 Å². The van der Waals surface area contributed by atoms with Gasteiger partial charge in [-0.25, -0.2) is 4.79 Å². The number of esters is 1. The number of fused-ring (bicyclic) bond motifs is 1. The molecule has 0 aromatic heterocycles. The van der Waals surface area contributed by atoms with Gasteiger partial charge in [0, 0.05) is 12.7 Å². The predicted molar refractivity (Wildman–Crippen MR) is 87.6 cm³/mol. The Morgan fingerprint density at radius 1 is 1.29 bits per heavy atom. The zero-order valence-corrected chi connectivity index (χ0v) is 14.2. The Balaban J connectivity index is 2.14. The molecule has 0 saturated heterocycles. The van der Waals surface area contributed by atoms with Gasteiger partial charge < -0.3 is 19.3 Å². The van der Waals surface area contributed by atoms with Crippen molar-refractivity contribution in [1.29, 1.82) is 0 Å². The van der Waals surface area contributed by atoms with Crippen molar-refractivity contribution in [1.82, 2.24) is 0 Å². The van der Waals surface area contributed by atoms with E-state index < -0.39 is 12.1 Å². The number of ketones is 1. The number of aliphatic hydroxyl groups is 1. The molecule has 0 amide bonds. The van der Waals surface area contributed by atoms with Crippen molar-refractivity contribution in [3.8, 4) is 11.5 Å². The first-order valence-corrected chi connectivity index (χ1v) is 8.22. The molecule has 1 aromatic rings. The van der Waals surface area contributed by atoms with Crippen LogP contribution < -0.4 is 9.47 Å². The molecule has 0 spiro atoms. The third kappa shape index (κ3) is 4.47. The Bertz CT molecular complexity index is 595. The molecule has 0 fully saturated rings. The van der Waals surface area contributed by atoms with Crippen molar-refractivity contribution in [2.75, 3.05) is 20.3 Å². The van der Waals surface area contributed by atoms with E-state index in [-0.39, 0.29) is 12.4 Å². The third-order valence-corrected chi connectivity index (χ3v) is 4.01. The smallest absolute Gasteiger partial charge is 0.347 e. The molecule has 6 heteroatoms. The van der Waals surface area contributed by atoms with E-state index in [1.54, 1.807) is 12.1 Å². The molecule has 0 radical (unpaired) electrons. The lowest BCUT2D eigenvalue weighted by molar-refractivity contribution is -0.149. The number of aryl methyl sites for hydroxylation is 1. The maximum atomic E-state index is 11.9. The molecule has 1 aromatic carbocycles. The van der Waals surface area contributed by atoms with Gasteiger partial charge in [-0.15, -0.1) is 0 Å². The normalized spacial score (nSPS) is 16.0. The van der Waals surface area contributed by atoms with Gasteiger partial charge in [0.05, 0.1) is 19.3 Å². The van der Waals surface area contributed by atoms with Crippen LogP contribution >= 0.6 is 0 Å². The number of methoxy groups -OCH3 is 1. The Hall–Kier alpha value is -2.08. The molecule has 0 aliphatic carbocycles. The number of ether oxygens (including phenoxy) is 3. The Labute approximate surface area is 141 Å². The lowest BCUT2D eigenvalue weighted by Gasteiger charge is -2.25. The summed E-state index contributed by atoms with van der Waals surface area (Å²) >= 11 is 0. The van der Waals surface area contributed by atoms with Crippen molar-refractivity contribution >= 4 is 11.8 Å². The topological polar surface area (TPSA) is 82.1 Å². The number of benzene rings is 1. The summed E-state index contributed by atoms with van der Waals surface area (Å²) in [4.78, 5) is 23.5. The fourth-order valence-corrected chi connectivity index (χ4v) is 2.67. The summed E-state index contributed by atoms with van der Waals surface area (Å²) in [7, 11) is 1.33. The van der Waals surface area contributed by atoms with Gasteiger partial charge in [-0.3, -0.25) is 4.79 Å². The summed E-state index contributed by atoms with van der Waals surface area (Å²) in [6.45, 7) is 2.13. The van der Waals surface area contributed by atoms with E-state index in [2.05, 4.69) is 0 Å². The average molecular weight is 336 g/mol. The maximum Gasteiger partial charge on any atom is 0.347 e. The van der Waals surface area contributed by atoms with Gasteiger partial charge in [0.2, 0.25) is 0 Å². The zero-order valence-electron chi connectivity index (χ0n) is 14.2. The molecule has 24 heavy (non-hydrogen) atoms. The third-order valence-electron chi connectivity index (χ3n) is 4.01. The van der Waals surface area contributed by atoms with Crippen molar-refractivity contribution in [3.05, 3.63) is 23.3 Å². The summed E-state index contributed by atoms with van der Waals surface area (Å²) in [6.07, 6.45) is 2.93. The van der Waals surface area contributed by atoms with Gasteiger partial charge in [0.15, 0.2) is 11.9 Å². The minimum Gasteiger partial charge on any atom is -0.493 e. The number of carbonyl (C=O) groups excluding carboxylic acids is 2. The fourth-order valence-electron chi connectivity index (χ4n) is 2.67. The summed E-state index contributed by atoms with van der Waals surface area (Å²) in [5.74, 6) is 0.559. The summed E-state index contributed by atoms with van der Waals surface area (Å²) in [5, 5.41) is 8.78. The number of rotatable bonds is 8. The second-order valence-corrected chi connectivity index (χ2v) is 5.81. The number of aliphatic hydroxyl groups excluding tert-OH is 1. The Morgan fingerprint density at radius 2 is 2.08 bits per heavy atom. The lowest BCUT2D eigenvalue weighted by atomic mass is 9.98. The van der Waals surface area contributed by atoms with Gasteiger partial charge in [-0.2, -0.15) is 0 Å². The molecule has 1 atom stereocenters. The second-order valence-electron chi connectivity index (χ2n) is 5.81. The van der Waals surface area contributed by atoms with Gasteiger partial charge in [0.1, 0.15) is 11.5 Å². The van der Waals surface area contributed by atoms with Gasteiger partial charge in [0.25, 0.3) is 0 Å². The highest BCUT2D eigenvalue weighted by molar-refractivity contribution is 5.97. The molecular formula is C18H24O6. The largest absolute Gasteiger partial charge is 0.493 e. The van der Waals surface area contributed by atoms with Crippen LogP contribution in [0, 0.1) is 0 Å². The van der Waals surface area contributed by atoms with E-state index in [9.17, 15) is 9.59 Å². The predicted octanol–water partition coefficient (Wildman–Crippen LogP) is 2.30. The van der Waals surface area contributed by atoms with E-state index >= 15 is 0 Å². The van der Waals surface area contributed by atoms with E-state index in [0.717, 1.165) is 24.8 Å². The first kappa shape index (κ1) is 18.3. The van der Waals surface area contributed by atoms with Crippen LogP contribution in [0.3, 0.4) is 0 Å². The van der Waals surface area contributed by atoms with Crippen LogP contribution in [0.4, 0.5) is 0 Å². The molecule has 2 rings (SSSR count). The SMILES string of the molecule is COC(=O)C1CCc2cc(C(C)=O)c(OCCCCCO)cc2O1.